The number of nitrogens with zero attached hydrogens (tertiary/aromatic N) is 5. The van der Waals surface area contributed by atoms with Crippen LogP contribution in [0.4, 0.5) is 11.5 Å². The Balaban J connectivity index is 1.56. The van der Waals surface area contributed by atoms with Gasteiger partial charge in [0.15, 0.2) is 0 Å². The van der Waals surface area contributed by atoms with E-state index in [4.69, 9.17) is 4.74 Å². The maximum absolute atomic E-state index is 13.1. The number of anilines is 2. The van der Waals surface area contributed by atoms with Crippen LogP contribution in [-0.2, 0) is 15.0 Å². The Hall–Kier alpha value is -3.75. The fourth-order valence-electron chi connectivity index (χ4n) is 3.53. The number of nitrogens with one attached hydrogen (secondary N) is 1. The number of rotatable bonds is 5. The van der Waals surface area contributed by atoms with Crippen LogP contribution in [0.5, 0.6) is 5.75 Å². The number of ether oxygens (including phenoxy) is 1. The first kappa shape index (κ1) is 21.5. The van der Waals surface area contributed by atoms with Gasteiger partial charge in [-0.05, 0) is 18.2 Å². The van der Waals surface area contributed by atoms with Crippen LogP contribution >= 0.6 is 0 Å². The van der Waals surface area contributed by atoms with Gasteiger partial charge in [-0.1, -0.05) is 26.8 Å². The Bertz CT molecular complexity index is 1140. The number of amides is 2. The lowest BCUT2D eigenvalue weighted by Gasteiger charge is -2.17. The van der Waals surface area contributed by atoms with Gasteiger partial charge in [-0.25, -0.2) is 9.97 Å². The highest BCUT2D eigenvalue weighted by molar-refractivity contribution is 6.03. The molecule has 0 radical (unpaired) electrons. The lowest BCUT2D eigenvalue weighted by Crippen LogP contribution is -2.28. The van der Waals surface area contributed by atoms with Crippen LogP contribution in [0.3, 0.4) is 0 Å². The van der Waals surface area contributed by atoms with Crippen molar-refractivity contribution in [1.29, 1.82) is 0 Å². The molecule has 1 unspecified atom stereocenters. The van der Waals surface area contributed by atoms with Crippen LogP contribution in [0.1, 0.15) is 32.9 Å². The zero-order chi connectivity index (χ0) is 22.9. The van der Waals surface area contributed by atoms with Crippen LogP contribution in [0.15, 0.2) is 48.8 Å². The minimum atomic E-state index is -0.494. The molecule has 0 saturated carbocycles. The van der Waals surface area contributed by atoms with Crippen molar-refractivity contribution < 1.29 is 14.3 Å². The van der Waals surface area contributed by atoms with Crippen LogP contribution < -0.4 is 15.0 Å². The second-order valence-corrected chi connectivity index (χ2v) is 8.72. The molecule has 9 heteroatoms. The summed E-state index contributed by atoms with van der Waals surface area (Å²) in [6.45, 7) is 6.41. The van der Waals surface area contributed by atoms with Gasteiger partial charge in [0.2, 0.25) is 11.8 Å². The SMILES string of the molecule is COc1cccc(N2CC(C(=O)Nc3cc(C(C)(C)C)nn3-c3ncccn3)CC2=O)c1. The fourth-order valence-corrected chi connectivity index (χ4v) is 3.53. The molecule has 3 aromatic rings. The van der Waals surface area contributed by atoms with Gasteiger partial charge >= 0.3 is 0 Å². The van der Waals surface area contributed by atoms with Crippen molar-refractivity contribution in [3.05, 3.63) is 54.5 Å². The molecule has 1 saturated heterocycles. The first-order valence-electron chi connectivity index (χ1n) is 10.4. The van der Waals surface area contributed by atoms with Crippen molar-refractivity contribution in [3.8, 4) is 11.7 Å². The van der Waals surface area contributed by atoms with E-state index in [1.807, 2.05) is 45.0 Å². The van der Waals surface area contributed by atoms with E-state index >= 15 is 0 Å². The van der Waals surface area contributed by atoms with Gasteiger partial charge in [-0.2, -0.15) is 9.78 Å². The maximum Gasteiger partial charge on any atom is 0.252 e. The summed E-state index contributed by atoms with van der Waals surface area (Å²) in [7, 11) is 1.58. The molecule has 32 heavy (non-hydrogen) atoms. The molecule has 1 atom stereocenters. The molecule has 2 amide bonds. The predicted octanol–water partition coefficient (Wildman–Crippen LogP) is 2.96. The van der Waals surface area contributed by atoms with Crippen LogP contribution in [0, 0.1) is 5.92 Å². The summed E-state index contributed by atoms with van der Waals surface area (Å²) in [6, 6.07) is 10.8. The zero-order valence-electron chi connectivity index (χ0n) is 18.6. The van der Waals surface area contributed by atoms with E-state index in [9.17, 15) is 9.59 Å². The van der Waals surface area contributed by atoms with E-state index in [1.54, 1.807) is 36.5 Å². The summed E-state index contributed by atoms with van der Waals surface area (Å²) >= 11 is 0. The van der Waals surface area contributed by atoms with E-state index in [-0.39, 0.29) is 23.7 Å². The third-order valence-electron chi connectivity index (χ3n) is 5.33. The lowest BCUT2D eigenvalue weighted by atomic mass is 9.92. The highest BCUT2D eigenvalue weighted by atomic mass is 16.5. The summed E-state index contributed by atoms with van der Waals surface area (Å²) in [5.74, 6) is 0.642. The van der Waals surface area contributed by atoms with Gasteiger partial charge in [0.25, 0.3) is 5.95 Å². The average Bonchev–Trinajstić information content (AvgIpc) is 3.38. The molecule has 0 aliphatic carbocycles. The van der Waals surface area contributed by atoms with E-state index < -0.39 is 5.92 Å². The van der Waals surface area contributed by atoms with Gasteiger partial charge < -0.3 is 15.0 Å². The fraction of sp³-hybridized carbons (Fsp3) is 0.348. The van der Waals surface area contributed by atoms with E-state index in [1.165, 1.54) is 4.68 Å². The summed E-state index contributed by atoms with van der Waals surface area (Å²) in [5.41, 5.74) is 1.27. The number of hydrogen-bond acceptors (Lipinski definition) is 6. The lowest BCUT2D eigenvalue weighted by molar-refractivity contribution is -0.122. The van der Waals surface area contributed by atoms with E-state index in [0.717, 1.165) is 5.69 Å². The Labute approximate surface area is 186 Å². The number of carbonyl (C=O) groups is 2. The molecule has 1 aromatic carbocycles. The van der Waals surface area contributed by atoms with Gasteiger partial charge in [0, 0.05) is 48.6 Å². The second kappa shape index (κ2) is 8.41. The number of hydrogen-bond donors (Lipinski definition) is 1. The van der Waals surface area contributed by atoms with Gasteiger partial charge in [-0.15, -0.1) is 0 Å². The van der Waals surface area contributed by atoms with Crippen molar-refractivity contribution in [2.24, 2.45) is 5.92 Å². The summed E-state index contributed by atoms with van der Waals surface area (Å²) < 4.78 is 6.77. The summed E-state index contributed by atoms with van der Waals surface area (Å²) in [6.07, 6.45) is 3.37. The van der Waals surface area contributed by atoms with Gasteiger partial charge in [-0.3, -0.25) is 9.59 Å². The molecule has 0 bridgehead atoms. The van der Waals surface area contributed by atoms with E-state index in [2.05, 4.69) is 20.4 Å². The second-order valence-electron chi connectivity index (χ2n) is 8.72. The molecule has 1 aliphatic heterocycles. The summed E-state index contributed by atoms with van der Waals surface area (Å²) in [4.78, 5) is 35.9. The predicted molar refractivity (Wildman–Crippen MR) is 120 cm³/mol. The van der Waals surface area contributed by atoms with E-state index in [0.29, 0.717) is 29.7 Å². The monoisotopic (exact) mass is 434 g/mol. The van der Waals surface area contributed by atoms with Crippen molar-refractivity contribution in [3.63, 3.8) is 0 Å². The number of benzene rings is 1. The van der Waals surface area contributed by atoms with Crippen LogP contribution in [0.25, 0.3) is 5.95 Å². The molecular weight excluding hydrogens is 408 g/mol. The quantitative estimate of drug-likeness (QED) is 0.662. The Morgan fingerprint density at radius 1 is 1.16 bits per heavy atom. The first-order chi connectivity index (χ1) is 15.3. The third kappa shape index (κ3) is 4.32. The molecule has 1 aliphatic rings. The highest BCUT2D eigenvalue weighted by Gasteiger charge is 2.36. The first-order valence-corrected chi connectivity index (χ1v) is 10.4. The molecule has 4 rings (SSSR count). The molecular formula is C23H26N6O3. The normalized spacial score (nSPS) is 16.3. The number of carbonyl (C=O) groups excluding carboxylic acids is 2. The van der Waals surface area contributed by atoms with Crippen molar-refractivity contribution in [1.82, 2.24) is 19.7 Å². The average molecular weight is 435 g/mol. The van der Waals surface area contributed by atoms with Crippen molar-refractivity contribution in [2.45, 2.75) is 32.6 Å². The third-order valence-corrected chi connectivity index (χ3v) is 5.33. The Morgan fingerprint density at radius 2 is 1.91 bits per heavy atom. The molecule has 166 valence electrons. The number of methoxy groups -OCH3 is 1. The largest absolute Gasteiger partial charge is 0.497 e. The van der Waals surface area contributed by atoms with Gasteiger partial charge in [0.1, 0.15) is 11.6 Å². The van der Waals surface area contributed by atoms with Gasteiger partial charge in [0.05, 0.1) is 18.7 Å². The molecule has 1 N–H and O–H groups in total. The minimum Gasteiger partial charge on any atom is -0.497 e. The summed E-state index contributed by atoms with van der Waals surface area (Å²) in [5, 5.41) is 7.55. The zero-order valence-corrected chi connectivity index (χ0v) is 18.6. The number of aromatic nitrogens is 4. The van der Waals surface area contributed by atoms with Crippen LogP contribution in [-0.4, -0.2) is 45.2 Å². The molecule has 1 fully saturated rings. The topological polar surface area (TPSA) is 102 Å². The molecule has 3 heterocycles. The molecule has 9 nitrogen and oxygen atoms in total. The maximum atomic E-state index is 13.1. The minimum absolute atomic E-state index is 0.103. The standard InChI is InChI=1S/C23H26N6O3/c1-23(2,3)18-13-19(29(27-18)22-24-9-6-10-25-22)26-21(31)15-11-20(30)28(14-15)16-7-5-8-17(12-16)32-4/h5-10,12-13,15H,11,14H2,1-4H3,(H,26,31). The van der Waals surface area contributed by atoms with Crippen molar-refractivity contribution >= 4 is 23.3 Å². The molecule has 2 aromatic heterocycles. The smallest absolute Gasteiger partial charge is 0.252 e. The highest BCUT2D eigenvalue weighted by Crippen LogP contribution is 2.30. The Morgan fingerprint density at radius 3 is 2.59 bits per heavy atom. The van der Waals surface area contributed by atoms with Crippen molar-refractivity contribution in [2.75, 3.05) is 23.9 Å². The Kier molecular flexibility index (Phi) is 5.65. The molecule has 0 spiro atoms. The van der Waals surface area contributed by atoms with Crippen LogP contribution in [0.2, 0.25) is 0 Å².